The summed E-state index contributed by atoms with van der Waals surface area (Å²) in [6.45, 7) is 0.391. The summed E-state index contributed by atoms with van der Waals surface area (Å²) in [5.41, 5.74) is 12.4. The first kappa shape index (κ1) is 39.3. The van der Waals surface area contributed by atoms with E-state index in [0.717, 1.165) is 76.3 Å². The maximum absolute atomic E-state index is 16.0. The number of nitrogens with two attached hydrogens (primary N) is 2. The fraction of sp³-hybridized carbons (Fsp3) is 0.568. The third kappa shape index (κ3) is 8.91. The van der Waals surface area contributed by atoms with E-state index >= 15 is 8.78 Å². The van der Waals surface area contributed by atoms with Crippen LogP contribution in [0.3, 0.4) is 0 Å². The maximum atomic E-state index is 16.0. The molecule has 3 fully saturated rings. The number of hydrogen-bond acceptors (Lipinski definition) is 12. The third-order valence-corrected chi connectivity index (χ3v) is 12.5. The normalized spacial score (nSPS) is 21.0. The molecule has 2 aliphatic carbocycles. The number of anilines is 2. The summed E-state index contributed by atoms with van der Waals surface area (Å²) in [7, 11) is -3.84. The lowest BCUT2D eigenvalue weighted by molar-refractivity contribution is -0.0529. The van der Waals surface area contributed by atoms with Crippen LogP contribution in [0.15, 0.2) is 37.1 Å². The van der Waals surface area contributed by atoms with Crippen LogP contribution >= 0.6 is 7.60 Å². The monoisotopic (exact) mass is 790 g/mol. The van der Waals surface area contributed by atoms with Gasteiger partial charge >= 0.3 is 7.60 Å². The number of aromatic nitrogens is 5. The molecule has 13 nitrogen and oxygen atoms in total. The first-order valence-electron chi connectivity index (χ1n) is 18.9. The number of alkyl halides is 2. The Bertz CT molecular complexity index is 1990. The molecular formula is C37H47F4N8O5P. The van der Waals surface area contributed by atoms with Crippen LogP contribution in [0.4, 0.5) is 29.1 Å². The zero-order chi connectivity index (χ0) is 38.7. The van der Waals surface area contributed by atoms with E-state index < -0.39 is 49.4 Å². The van der Waals surface area contributed by atoms with Gasteiger partial charge in [-0.1, -0.05) is 38.5 Å². The molecule has 298 valence electrons. The first-order chi connectivity index (χ1) is 26.4. The quantitative estimate of drug-likeness (QED) is 0.0940. The SMILES string of the molecule is Nc1ncnc2c1ncn2Cc1cc(-c2cc(F)c(OCP(=O)(OC3CCCCC3)OC3CCCCC3)cc2F)ncc1N1CCC[C@](N)([C@H](O)C(F)F)C1. The standard InChI is InChI=1S/C37H47F4N8O5P/c38-27-16-31(52-22-55(51,53-24-8-3-1-4-9-24)54-25-10-5-2-6-11-25)28(39)15-26(27)29-14-23(18-49-21-47-32-35(42)45-20-46-36(32)49)30(17-44-29)48-13-7-12-37(43,19-48)33(50)34(40)41/h14-17,20-21,24-25,33-34,50H,1-13,18-19,22,43H2,(H2,42,45,46)/t33-,37-/m1/s1. The van der Waals surface area contributed by atoms with Crippen molar-refractivity contribution in [3.8, 4) is 17.0 Å². The van der Waals surface area contributed by atoms with Crippen molar-refractivity contribution in [2.24, 2.45) is 5.73 Å². The summed E-state index contributed by atoms with van der Waals surface area (Å²) >= 11 is 0. The topological polar surface area (TPSA) is 177 Å². The number of halogens is 4. The van der Waals surface area contributed by atoms with Crippen molar-refractivity contribution in [1.82, 2.24) is 24.5 Å². The first-order valence-corrected chi connectivity index (χ1v) is 20.6. The molecule has 0 unspecified atom stereocenters. The van der Waals surface area contributed by atoms with Crippen molar-refractivity contribution in [3.63, 3.8) is 0 Å². The Balaban J connectivity index is 1.17. The van der Waals surface area contributed by atoms with Gasteiger partial charge in [-0.25, -0.2) is 32.5 Å². The van der Waals surface area contributed by atoms with Crippen molar-refractivity contribution >= 4 is 30.3 Å². The molecule has 0 spiro atoms. The van der Waals surface area contributed by atoms with Gasteiger partial charge < -0.3 is 39.8 Å². The van der Waals surface area contributed by atoms with Crippen molar-refractivity contribution < 1.29 is 41.0 Å². The van der Waals surface area contributed by atoms with Crippen LogP contribution in [-0.4, -0.2) is 79.3 Å². The Kier molecular flexibility index (Phi) is 11.9. The number of piperidine rings is 1. The highest BCUT2D eigenvalue weighted by atomic mass is 31.2. The highest BCUT2D eigenvalue weighted by Crippen LogP contribution is 2.53. The van der Waals surface area contributed by atoms with Crippen molar-refractivity contribution in [2.75, 3.05) is 30.1 Å². The fourth-order valence-electron chi connectivity index (χ4n) is 7.92. The third-order valence-electron chi connectivity index (χ3n) is 10.9. The number of aliphatic hydroxyl groups excluding tert-OH is 1. The molecule has 2 atom stereocenters. The second-order valence-corrected chi connectivity index (χ2v) is 16.8. The molecule has 3 aromatic heterocycles. The Morgan fingerprint density at radius 1 is 0.927 bits per heavy atom. The number of nitrogens with zero attached hydrogens (tertiary/aromatic N) is 6. The zero-order valence-electron chi connectivity index (χ0n) is 30.5. The lowest BCUT2D eigenvalue weighted by Gasteiger charge is -2.44. The molecule has 0 amide bonds. The summed E-state index contributed by atoms with van der Waals surface area (Å²) in [6, 6.07) is 3.40. The van der Waals surface area contributed by atoms with Crippen LogP contribution < -0.4 is 21.1 Å². The number of aliphatic hydroxyl groups is 1. The largest absolute Gasteiger partial charge is 0.478 e. The van der Waals surface area contributed by atoms with Gasteiger partial charge in [-0.15, -0.1) is 0 Å². The predicted octanol–water partition coefficient (Wildman–Crippen LogP) is 6.95. The van der Waals surface area contributed by atoms with Gasteiger partial charge in [-0.2, -0.15) is 0 Å². The smallest absolute Gasteiger partial charge is 0.368 e. The summed E-state index contributed by atoms with van der Waals surface area (Å²) in [5.74, 6) is -2.05. The molecular weight excluding hydrogens is 743 g/mol. The Hall–Kier alpha value is -3.89. The second-order valence-electron chi connectivity index (χ2n) is 14.9. The van der Waals surface area contributed by atoms with E-state index in [4.69, 9.17) is 25.3 Å². The van der Waals surface area contributed by atoms with Gasteiger partial charge in [0, 0.05) is 24.7 Å². The van der Waals surface area contributed by atoms with E-state index in [1.165, 1.54) is 18.9 Å². The summed E-state index contributed by atoms with van der Waals surface area (Å²) in [5, 5.41) is 10.3. The van der Waals surface area contributed by atoms with E-state index in [1.807, 2.05) is 0 Å². The van der Waals surface area contributed by atoms with Crippen LogP contribution in [0, 0.1) is 11.6 Å². The van der Waals surface area contributed by atoms with Crippen molar-refractivity contribution in [1.29, 1.82) is 0 Å². The second kappa shape index (κ2) is 16.7. The summed E-state index contributed by atoms with van der Waals surface area (Å²) in [4.78, 5) is 18.8. The van der Waals surface area contributed by atoms with Gasteiger partial charge in [0.05, 0.1) is 48.2 Å². The van der Waals surface area contributed by atoms with Gasteiger partial charge in [-0.05, 0) is 56.2 Å². The van der Waals surface area contributed by atoms with Crippen molar-refractivity contribution in [2.45, 2.75) is 114 Å². The Labute approximate surface area is 316 Å². The predicted molar refractivity (Wildman–Crippen MR) is 198 cm³/mol. The van der Waals surface area contributed by atoms with Crippen LogP contribution in [0.1, 0.15) is 82.6 Å². The molecule has 1 saturated heterocycles. The molecule has 0 bridgehead atoms. The van der Waals surface area contributed by atoms with Crippen LogP contribution in [0.2, 0.25) is 0 Å². The van der Waals surface area contributed by atoms with E-state index in [-0.39, 0.29) is 48.8 Å². The average molecular weight is 791 g/mol. The van der Waals surface area contributed by atoms with Gasteiger partial charge in [0.15, 0.2) is 29.4 Å². The number of fused-ring (bicyclic) bond motifs is 1. The highest BCUT2D eigenvalue weighted by molar-refractivity contribution is 7.53. The lowest BCUT2D eigenvalue weighted by Crippen LogP contribution is -2.63. The maximum Gasteiger partial charge on any atom is 0.368 e. The van der Waals surface area contributed by atoms with Crippen LogP contribution in [-0.2, 0) is 20.2 Å². The Morgan fingerprint density at radius 2 is 1.62 bits per heavy atom. The molecule has 1 aliphatic heterocycles. The highest BCUT2D eigenvalue weighted by Gasteiger charge is 2.43. The number of hydrogen-bond donors (Lipinski definition) is 3. The number of ether oxygens (including phenoxy) is 1. The lowest BCUT2D eigenvalue weighted by atomic mass is 9.84. The number of imidazole rings is 1. The minimum atomic E-state index is -3.84. The van der Waals surface area contributed by atoms with E-state index in [9.17, 15) is 18.5 Å². The molecule has 7 rings (SSSR count). The molecule has 18 heteroatoms. The minimum Gasteiger partial charge on any atom is -0.478 e. The Morgan fingerprint density at radius 3 is 2.29 bits per heavy atom. The molecule has 0 radical (unpaired) electrons. The number of benzene rings is 1. The van der Waals surface area contributed by atoms with E-state index in [1.54, 1.807) is 15.5 Å². The molecule has 5 N–H and O–H groups in total. The van der Waals surface area contributed by atoms with Gasteiger partial charge in [0.25, 0.3) is 6.43 Å². The van der Waals surface area contributed by atoms with Crippen LogP contribution in [0.25, 0.3) is 22.4 Å². The van der Waals surface area contributed by atoms with Crippen molar-refractivity contribution in [3.05, 3.63) is 54.2 Å². The van der Waals surface area contributed by atoms with Gasteiger partial charge in [0.2, 0.25) is 0 Å². The average Bonchev–Trinajstić information content (AvgIpc) is 3.59. The number of rotatable bonds is 13. The molecule has 3 aliphatic rings. The molecule has 2 saturated carbocycles. The summed E-state index contributed by atoms with van der Waals surface area (Å²) in [6.07, 6.45) is 7.52. The molecule has 1 aromatic carbocycles. The number of nitrogen functional groups attached to an aromatic ring is 1. The minimum absolute atomic E-state index is 0.0656. The zero-order valence-corrected chi connectivity index (χ0v) is 31.4. The summed E-state index contributed by atoms with van der Waals surface area (Å²) < 4.78 is 92.6. The van der Waals surface area contributed by atoms with E-state index in [0.29, 0.717) is 35.4 Å². The van der Waals surface area contributed by atoms with E-state index in [2.05, 4.69) is 19.9 Å². The fourth-order valence-corrected chi connectivity index (χ4v) is 9.72. The van der Waals surface area contributed by atoms with Gasteiger partial charge in [0.1, 0.15) is 23.8 Å². The number of pyridine rings is 1. The molecule has 4 heterocycles. The van der Waals surface area contributed by atoms with Gasteiger partial charge in [-0.3, -0.25) is 9.55 Å². The van der Waals surface area contributed by atoms with Crippen LogP contribution in [0.5, 0.6) is 5.75 Å². The molecule has 55 heavy (non-hydrogen) atoms. The molecule has 4 aromatic rings.